The third-order valence-electron chi connectivity index (χ3n) is 9.34. The van der Waals surface area contributed by atoms with Gasteiger partial charge in [0, 0.05) is 30.5 Å². The van der Waals surface area contributed by atoms with Gasteiger partial charge in [0.05, 0.1) is 17.2 Å². The van der Waals surface area contributed by atoms with E-state index in [-0.39, 0.29) is 11.7 Å². The van der Waals surface area contributed by atoms with Crippen LogP contribution in [0.2, 0.25) is 0 Å². The van der Waals surface area contributed by atoms with Crippen LogP contribution in [0.25, 0.3) is 39.5 Å². The van der Waals surface area contributed by atoms with Crippen LogP contribution >= 0.6 is 0 Å². The SMILES string of the molecule is Nc1ncccc1-c1nc2ccc(-c3ccccc3F)nc2n1-c1ccc(C2CCN(CC3CCC(C(=O)O)CC3)C2)cc1. The Bertz CT molecular complexity index is 1810. The highest BCUT2D eigenvalue weighted by Gasteiger charge is 2.30. The minimum absolute atomic E-state index is 0.167. The number of aliphatic carboxylic acids is 1. The van der Waals surface area contributed by atoms with Gasteiger partial charge in [0.25, 0.3) is 0 Å². The molecule has 1 aliphatic heterocycles. The largest absolute Gasteiger partial charge is 0.481 e. The number of nitrogen functional groups attached to an aromatic ring is 1. The molecule has 1 saturated carbocycles. The first-order chi connectivity index (χ1) is 21.4. The van der Waals surface area contributed by atoms with Crippen molar-refractivity contribution in [1.29, 1.82) is 0 Å². The van der Waals surface area contributed by atoms with E-state index in [4.69, 9.17) is 15.7 Å². The molecule has 0 amide bonds. The lowest BCUT2D eigenvalue weighted by molar-refractivity contribution is -0.143. The van der Waals surface area contributed by atoms with Crippen LogP contribution in [-0.2, 0) is 4.79 Å². The molecule has 1 aliphatic carbocycles. The van der Waals surface area contributed by atoms with E-state index in [1.165, 1.54) is 11.6 Å². The molecule has 2 aromatic carbocycles. The van der Waals surface area contributed by atoms with Gasteiger partial charge in [-0.15, -0.1) is 0 Å². The fraction of sp³-hybridized carbons (Fsp3) is 0.314. The Hall–Kier alpha value is -4.63. The number of anilines is 1. The van der Waals surface area contributed by atoms with E-state index in [0.717, 1.165) is 57.4 Å². The fourth-order valence-electron chi connectivity index (χ4n) is 6.93. The molecule has 0 radical (unpaired) electrons. The second kappa shape index (κ2) is 11.8. The van der Waals surface area contributed by atoms with Gasteiger partial charge in [-0.3, -0.25) is 9.36 Å². The number of carboxylic acids is 1. The smallest absolute Gasteiger partial charge is 0.306 e. The summed E-state index contributed by atoms with van der Waals surface area (Å²) < 4.78 is 16.7. The van der Waals surface area contributed by atoms with E-state index in [1.807, 2.05) is 22.8 Å². The Morgan fingerprint density at radius 2 is 1.68 bits per heavy atom. The number of hydrogen-bond donors (Lipinski definition) is 2. The van der Waals surface area contributed by atoms with Crippen LogP contribution in [0.3, 0.4) is 0 Å². The number of halogens is 1. The molecular formula is C35H35FN6O2. The third-order valence-corrected chi connectivity index (χ3v) is 9.34. The molecule has 9 heteroatoms. The highest BCUT2D eigenvalue weighted by Crippen LogP contribution is 2.35. The van der Waals surface area contributed by atoms with E-state index in [2.05, 4.69) is 34.1 Å². The molecule has 2 fully saturated rings. The Morgan fingerprint density at radius 3 is 2.43 bits per heavy atom. The molecule has 1 saturated heterocycles. The average Bonchev–Trinajstić information content (AvgIpc) is 3.66. The van der Waals surface area contributed by atoms with Gasteiger partial charge in [0.1, 0.15) is 17.2 Å². The summed E-state index contributed by atoms with van der Waals surface area (Å²) in [7, 11) is 0. The van der Waals surface area contributed by atoms with E-state index in [9.17, 15) is 14.3 Å². The van der Waals surface area contributed by atoms with Crippen LogP contribution in [0.15, 0.2) is 79.0 Å². The van der Waals surface area contributed by atoms with Crippen LogP contribution in [0.5, 0.6) is 0 Å². The standard InChI is InChI=1S/C35H35FN6O2/c36-29-6-2-1-4-27(29)30-15-16-31-34(39-30)42(33(40-31)28-5-3-18-38-32(28)37)26-13-11-23(12-14-26)25-17-19-41(21-25)20-22-7-9-24(10-8-22)35(43)44/h1-6,11-16,18,22,24-25H,7-10,17,19-21H2,(H2,37,38)(H,43,44). The maximum atomic E-state index is 14.7. The Balaban J connectivity index is 1.17. The number of rotatable bonds is 7. The zero-order valence-corrected chi connectivity index (χ0v) is 24.4. The summed E-state index contributed by atoms with van der Waals surface area (Å²) in [5.41, 5.74) is 11.4. The number of hydrogen-bond acceptors (Lipinski definition) is 6. The topological polar surface area (TPSA) is 110 Å². The number of aromatic nitrogens is 4. The Morgan fingerprint density at radius 1 is 0.909 bits per heavy atom. The van der Waals surface area contributed by atoms with Crippen molar-refractivity contribution in [2.75, 3.05) is 25.4 Å². The number of nitrogens with zero attached hydrogens (tertiary/aromatic N) is 5. The highest BCUT2D eigenvalue weighted by molar-refractivity contribution is 5.84. The number of benzene rings is 2. The summed E-state index contributed by atoms with van der Waals surface area (Å²) in [6.07, 6.45) is 6.35. The number of nitrogens with two attached hydrogens (primary N) is 1. The summed E-state index contributed by atoms with van der Waals surface area (Å²) in [4.78, 5) is 28.0. The van der Waals surface area contributed by atoms with E-state index in [1.54, 1.807) is 30.5 Å². The number of carbonyl (C=O) groups is 1. The minimum Gasteiger partial charge on any atom is -0.481 e. The van der Waals surface area contributed by atoms with Crippen molar-refractivity contribution in [2.24, 2.45) is 11.8 Å². The molecule has 224 valence electrons. The van der Waals surface area contributed by atoms with Gasteiger partial charge in [0.15, 0.2) is 11.5 Å². The van der Waals surface area contributed by atoms with Gasteiger partial charge < -0.3 is 15.7 Å². The van der Waals surface area contributed by atoms with Crippen molar-refractivity contribution in [3.8, 4) is 28.3 Å². The Labute approximate surface area is 255 Å². The molecule has 3 aromatic heterocycles. The molecule has 4 heterocycles. The lowest BCUT2D eigenvalue weighted by atomic mass is 9.82. The molecule has 5 aromatic rings. The van der Waals surface area contributed by atoms with Crippen molar-refractivity contribution in [3.05, 3.63) is 90.4 Å². The molecular weight excluding hydrogens is 555 g/mol. The van der Waals surface area contributed by atoms with Crippen molar-refractivity contribution in [1.82, 2.24) is 24.4 Å². The maximum absolute atomic E-state index is 14.7. The quantitative estimate of drug-likeness (QED) is 0.221. The van der Waals surface area contributed by atoms with E-state index < -0.39 is 5.97 Å². The lowest BCUT2D eigenvalue weighted by Crippen LogP contribution is -2.31. The summed E-state index contributed by atoms with van der Waals surface area (Å²) in [6.45, 7) is 3.12. The molecule has 8 nitrogen and oxygen atoms in total. The maximum Gasteiger partial charge on any atom is 0.306 e. The van der Waals surface area contributed by atoms with Crippen LogP contribution in [0.4, 0.5) is 10.2 Å². The second-order valence-corrected chi connectivity index (χ2v) is 12.1. The predicted octanol–water partition coefficient (Wildman–Crippen LogP) is 6.55. The van der Waals surface area contributed by atoms with Crippen LogP contribution in [-0.4, -0.2) is 55.1 Å². The Kier molecular flexibility index (Phi) is 7.56. The van der Waals surface area contributed by atoms with Gasteiger partial charge in [-0.1, -0.05) is 24.3 Å². The van der Waals surface area contributed by atoms with Crippen LogP contribution in [0, 0.1) is 17.7 Å². The predicted molar refractivity (Wildman–Crippen MR) is 169 cm³/mol. The monoisotopic (exact) mass is 590 g/mol. The molecule has 1 atom stereocenters. The molecule has 1 unspecified atom stereocenters. The lowest BCUT2D eigenvalue weighted by Gasteiger charge is -2.29. The molecule has 44 heavy (non-hydrogen) atoms. The van der Waals surface area contributed by atoms with Crippen molar-refractivity contribution in [2.45, 2.75) is 38.0 Å². The van der Waals surface area contributed by atoms with E-state index >= 15 is 0 Å². The first-order valence-corrected chi connectivity index (χ1v) is 15.4. The van der Waals surface area contributed by atoms with Crippen molar-refractivity contribution < 1.29 is 14.3 Å². The third kappa shape index (κ3) is 5.43. The molecule has 0 spiro atoms. The van der Waals surface area contributed by atoms with Crippen LogP contribution in [0.1, 0.15) is 43.6 Å². The fourth-order valence-corrected chi connectivity index (χ4v) is 6.93. The normalized spacial score (nSPS) is 20.7. The number of fused-ring (bicyclic) bond motifs is 1. The molecule has 0 bridgehead atoms. The van der Waals surface area contributed by atoms with Gasteiger partial charge in [-0.25, -0.2) is 19.3 Å². The molecule has 2 aliphatic rings. The first-order valence-electron chi connectivity index (χ1n) is 15.4. The molecule has 3 N–H and O–H groups in total. The first kappa shape index (κ1) is 28.2. The number of pyridine rings is 2. The summed E-state index contributed by atoms with van der Waals surface area (Å²) in [5.74, 6) is 0.887. The van der Waals surface area contributed by atoms with Crippen molar-refractivity contribution >= 4 is 23.0 Å². The average molecular weight is 591 g/mol. The zero-order chi connectivity index (χ0) is 30.2. The summed E-state index contributed by atoms with van der Waals surface area (Å²) in [6, 6.07) is 22.6. The number of imidazole rings is 1. The summed E-state index contributed by atoms with van der Waals surface area (Å²) >= 11 is 0. The van der Waals surface area contributed by atoms with Gasteiger partial charge in [-0.05, 0) is 105 Å². The van der Waals surface area contributed by atoms with E-state index in [0.29, 0.717) is 51.5 Å². The number of carboxylic acid groups (broad SMARTS) is 1. The van der Waals surface area contributed by atoms with Gasteiger partial charge >= 0.3 is 5.97 Å². The number of likely N-dealkylation sites (tertiary alicyclic amines) is 1. The molecule has 7 rings (SSSR count). The highest BCUT2D eigenvalue weighted by atomic mass is 19.1. The van der Waals surface area contributed by atoms with Gasteiger partial charge in [-0.2, -0.15) is 0 Å². The zero-order valence-electron chi connectivity index (χ0n) is 24.4. The minimum atomic E-state index is -0.644. The second-order valence-electron chi connectivity index (χ2n) is 12.1. The van der Waals surface area contributed by atoms with Crippen molar-refractivity contribution in [3.63, 3.8) is 0 Å². The van der Waals surface area contributed by atoms with Crippen LogP contribution < -0.4 is 5.73 Å². The van der Waals surface area contributed by atoms with Gasteiger partial charge in [0.2, 0.25) is 0 Å². The summed E-state index contributed by atoms with van der Waals surface area (Å²) in [5, 5.41) is 9.32.